The molecule has 0 bridgehead atoms. The van der Waals surface area contributed by atoms with Crippen LogP contribution in [-0.4, -0.2) is 35.5 Å². The number of hydrogen-bond donors (Lipinski definition) is 0. The predicted octanol–water partition coefficient (Wildman–Crippen LogP) is 3.94. The number of ether oxygens (including phenoxy) is 2. The van der Waals surface area contributed by atoms with Gasteiger partial charge in [0.15, 0.2) is 0 Å². The first-order chi connectivity index (χ1) is 13.3. The van der Waals surface area contributed by atoms with Crippen molar-refractivity contribution in [1.82, 2.24) is 9.88 Å². The summed E-state index contributed by atoms with van der Waals surface area (Å²) in [5, 5.41) is 1.94. The van der Waals surface area contributed by atoms with Crippen LogP contribution in [0.1, 0.15) is 27.7 Å². The van der Waals surface area contributed by atoms with E-state index in [1.54, 1.807) is 5.51 Å². The Balaban J connectivity index is 1.49. The molecule has 2 aromatic carbocycles. The topological polar surface area (TPSA) is 51.7 Å². The number of morpholine rings is 1. The summed E-state index contributed by atoms with van der Waals surface area (Å²) < 4.78 is 11.7. The lowest BCUT2D eigenvalue weighted by Crippen LogP contribution is -2.42. The van der Waals surface area contributed by atoms with Crippen LogP contribution in [0.2, 0.25) is 0 Å². The lowest BCUT2D eigenvalue weighted by molar-refractivity contribution is -0.0229. The molecule has 0 saturated carbocycles. The lowest BCUT2D eigenvalue weighted by atomic mass is 10.1. The number of benzene rings is 2. The third kappa shape index (κ3) is 4.18. The molecule has 0 N–H and O–H groups in total. The Bertz CT molecular complexity index is 883. The Labute approximate surface area is 162 Å². The van der Waals surface area contributed by atoms with Gasteiger partial charge in [-0.2, -0.15) is 0 Å². The summed E-state index contributed by atoms with van der Waals surface area (Å²) in [7, 11) is 0. The van der Waals surface area contributed by atoms with Crippen LogP contribution in [0.4, 0.5) is 0 Å². The van der Waals surface area contributed by atoms with E-state index in [1.165, 1.54) is 11.3 Å². The molecule has 1 saturated heterocycles. The molecule has 1 unspecified atom stereocenters. The predicted molar refractivity (Wildman–Crippen MR) is 104 cm³/mol. The number of hydrogen-bond acceptors (Lipinski definition) is 5. The molecule has 5 nitrogen and oxygen atoms in total. The maximum absolute atomic E-state index is 13.1. The summed E-state index contributed by atoms with van der Waals surface area (Å²) in [6, 6.07) is 17.4. The van der Waals surface area contributed by atoms with Gasteiger partial charge in [0.1, 0.15) is 18.5 Å². The largest absolute Gasteiger partial charge is 0.486 e. The van der Waals surface area contributed by atoms with Gasteiger partial charge in [0.25, 0.3) is 5.91 Å². The van der Waals surface area contributed by atoms with Crippen molar-refractivity contribution < 1.29 is 14.3 Å². The summed E-state index contributed by atoms with van der Waals surface area (Å²) in [6.07, 6.45) is -0.105. The van der Waals surface area contributed by atoms with E-state index in [0.29, 0.717) is 37.6 Å². The fraction of sp³-hybridized carbons (Fsp3) is 0.238. The summed E-state index contributed by atoms with van der Waals surface area (Å²) in [4.78, 5) is 19.2. The summed E-state index contributed by atoms with van der Waals surface area (Å²) in [5.41, 5.74) is 4.29. The highest BCUT2D eigenvalue weighted by molar-refractivity contribution is 7.07. The molecule has 1 aromatic heterocycles. The number of thiazole rings is 1. The second-order valence-electron chi connectivity index (χ2n) is 6.29. The van der Waals surface area contributed by atoms with Crippen LogP contribution in [0.25, 0.3) is 0 Å². The van der Waals surface area contributed by atoms with Crippen molar-refractivity contribution in [2.45, 2.75) is 12.7 Å². The van der Waals surface area contributed by atoms with Gasteiger partial charge in [-0.1, -0.05) is 42.5 Å². The highest BCUT2D eigenvalue weighted by atomic mass is 32.1. The molecule has 4 rings (SSSR count). The first-order valence-electron chi connectivity index (χ1n) is 8.86. The van der Waals surface area contributed by atoms with Gasteiger partial charge < -0.3 is 14.4 Å². The molecule has 27 heavy (non-hydrogen) atoms. The summed E-state index contributed by atoms with van der Waals surface area (Å²) >= 11 is 1.53. The van der Waals surface area contributed by atoms with Gasteiger partial charge in [-0.15, -0.1) is 11.3 Å². The fourth-order valence-electron chi connectivity index (χ4n) is 3.10. The van der Waals surface area contributed by atoms with Crippen molar-refractivity contribution in [3.8, 4) is 5.75 Å². The Kier molecular flexibility index (Phi) is 5.46. The van der Waals surface area contributed by atoms with Crippen LogP contribution in [-0.2, 0) is 11.3 Å². The zero-order chi connectivity index (χ0) is 18.5. The quantitative estimate of drug-likeness (QED) is 0.673. The van der Waals surface area contributed by atoms with Gasteiger partial charge >= 0.3 is 0 Å². The van der Waals surface area contributed by atoms with Crippen LogP contribution in [0, 0.1) is 0 Å². The zero-order valence-electron chi connectivity index (χ0n) is 14.8. The van der Waals surface area contributed by atoms with E-state index in [-0.39, 0.29) is 12.0 Å². The van der Waals surface area contributed by atoms with E-state index in [9.17, 15) is 4.79 Å². The average Bonchev–Trinajstić information content (AvgIpc) is 3.26. The van der Waals surface area contributed by atoms with E-state index in [4.69, 9.17) is 9.47 Å². The highest BCUT2D eigenvalue weighted by Gasteiger charge is 2.27. The van der Waals surface area contributed by atoms with Crippen molar-refractivity contribution in [2.24, 2.45) is 0 Å². The molecular formula is C21H20N2O3S. The number of nitrogens with zero attached hydrogens (tertiary/aromatic N) is 2. The van der Waals surface area contributed by atoms with Gasteiger partial charge in [0.05, 0.1) is 29.9 Å². The van der Waals surface area contributed by atoms with Crippen LogP contribution in [0.5, 0.6) is 5.75 Å². The molecule has 1 aliphatic heterocycles. The maximum atomic E-state index is 13.1. The molecule has 6 heteroatoms. The molecule has 138 valence electrons. The van der Waals surface area contributed by atoms with Gasteiger partial charge in [-0.3, -0.25) is 4.79 Å². The molecule has 0 radical (unpaired) electrons. The summed E-state index contributed by atoms with van der Waals surface area (Å²) in [6.45, 7) is 1.97. The average molecular weight is 380 g/mol. The normalized spacial score (nSPS) is 16.9. The Hall–Kier alpha value is -2.70. The smallest absolute Gasteiger partial charge is 0.257 e. The van der Waals surface area contributed by atoms with Crippen molar-refractivity contribution >= 4 is 17.2 Å². The zero-order valence-corrected chi connectivity index (χ0v) is 15.6. The van der Waals surface area contributed by atoms with E-state index in [0.717, 1.165) is 11.3 Å². The molecule has 0 spiro atoms. The molecule has 1 aliphatic rings. The monoisotopic (exact) mass is 380 g/mol. The Morgan fingerprint density at radius 2 is 2.00 bits per heavy atom. The number of amides is 1. The number of aromatic nitrogens is 1. The van der Waals surface area contributed by atoms with Crippen molar-refractivity contribution in [1.29, 1.82) is 0 Å². The molecule has 1 fully saturated rings. The number of para-hydroxylation sites is 1. The first-order valence-corrected chi connectivity index (χ1v) is 9.80. The van der Waals surface area contributed by atoms with E-state index >= 15 is 0 Å². The van der Waals surface area contributed by atoms with Gasteiger partial charge in [0.2, 0.25) is 0 Å². The number of carbonyl (C=O) groups excluding carboxylic acids is 1. The molecule has 2 heterocycles. The molecule has 1 amide bonds. The first kappa shape index (κ1) is 17.7. The van der Waals surface area contributed by atoms with Crippen LogP contribution in [0.15, 0.2) is 65.5 Å². The van der Waals surface area contributed by atoms with Crippen molar-refractivity contribution in [3.05, 3.63) is 82.3 Å². The van der Waals surface area contributed by atoms with E-state index in [2.05, 4.69) is 4.98 Å². The van der Waals surface area contributed by atoms with Crippen LogP contribution >= 0.6 is 11.3 Å². The van der Waals surface area contributed by atoms with E-state index < -0.39 is 0 Å². The molecule has 3 aromatic rings. The maximum Gasteiger partial charge on any atom is 0.257 e. The number of carbonyl (C=O) groups is 1. The lowest BCUT2D eigenvalue weighted by Gasteiger charge is -2.33. The van der Waals surface area contributed by atoms with Gasteiger partial charge in [0, 0.05) is 11.9 Å². The minimum Gasteiger partial charge on any atom is -0.486 e. The van der Waals surface area contributed by atoms with Crippen molar-refractivity contribution in [2.75, 3.05) is 19.7 Å². The van der Waals surface area contributed by atoms with Gasteiger partial charge in [-0.25, -0.2) is 4.98 Å². The second kappa shape index (κ2) is 8.33. The van der Waals surface area contributed by atoms with Crippen LogP contribution < -0.4 is 4.74 Å². The second-order valence-corrected chi connectivity index (χ2v) is 7.00. The van der Waals surface area contributed by atoms with Gasteiger partial charge in [-0.05, 0) is 17.7 Å². The fourth-order valence-corrected chi connectivity index (χ4v) is 3.65. The minimum absolute atomic E-state index is 0.0342. The highest BCUT2D eigenvalue weighted by Crippen LogP contribution is 2.26. The summed E-state index contributed by atoms with van der Waals surface area (Å²) in [5.74, 6) is 0.548. The third-order valence-corrected chi connectivity index (χ3v) is 5.14. The van der Waals surface area contributed by atoms with Crippen LogP contribution in [0.3, 0.4) is 0 Å². The van der Waals surface area contributed by atoms with Crippen molar-refractivity contribution in [3.63, 3.8) is 0 Å². The molecule has 0 aliphatic carbocycles. The minimum atomic E-state index is -0.105. The van der Waals surface area contributed by atoms with E-state index in [1.807, 2.05) is 64.9 Å². The molecular weight excluding hydrogens is 360 g/mol. The Morgan fingerprint density at radius 1 is 1.19 bits per heavy atom. The molecule has 1 atom stereocenters. The SMILES string of the molecule is O=C(c1ccccc1OCc1cscn1)N1CCOC(c2ccccc2)C1. The number of rotatable bonds is 5. The Morgan fingerprint density at radius 3 is 2.81 bits per heavy atom. The standard InChI is InChI=1S/C21H20N2O3S/c24-21(23-10-11-25-20(12-23)16-6-2-1-3-7-16)18-8-4-5-9-19(18)26-13-17-14-27-15-22-17/h1-9,14-15,20H,10-13H2. The third-order valence-electron chi connectivity index (χ3n) is 4.50.